The van der Waals surface area contributed by atoms with Crippen LogP contribution in [0.15, 0.2) is 152 Å². The Bertz CT molecular complexity index is 2260. The van der Waals surface area contributed by atoms with Crippen LogP contribution >= 0.6 is 0 Å². The van der Waals surface area contributed by atoms with Crippen molar-refractivity contribution in [2.24, 2.45) is 0 Å². The first-order valence-corrected chi connectivity index (χ1v) is 18.4. The van der Waals surface area contributed by atoms with Gasteiger partial charge in [-0.3, -0.25) is 9.59 Å². The third-order valence-corrected chi connectivity index (χ3v) is 9.88. The molecule has 6 aromatic carbocycles. The van der Waals surface area contributed by atoms with Crippen molar-refractivity contribution in [2.75, 3.05) is 16.9 Å². The molecular formula is C49H44N2O3. The highest BCUT2D eigenvalue weighted by Gasteiger charge is 2.42. The van der Waals surface area contributed by atoms with Crippen molar-refractivity contribution in [3.63, 3.8) is 0 Å². The molecule has 54 heavy (non-hydrogen) atoms. The SMILES string of the molecule is COc1ccc(C=Cc2ccc(C3=C(c4ccc(N(c5ccccc5)c5ccccc5)cc4)C(=O)N(c4c(C(C)C)cccc4C(C)C)C3=O)cc2)cc1. The molecule has 0 saturated heterocycles. The molecule has 1 heterocycles. The fourth-order valence-corrected chi connectivity index (χ4v) is 7.09. The van der Waals surface area contributed by atoms with Crippen molar-refractivity contribution in [3.8, 4) is 5.75 Å². The van der Waals surface area contributed by atoms with Crippen LogP contribution in [-0.2, 0) is 9.59 Å². The molecule has 0 bridgehead atoms. The molecule has 0 aromatic heterocycles. The van der Waals surface area contributed by atoms with E-state index in [1.54, 1.807) is 7.11 Å². The van der Waals surface area contributed by atoms with Crippen LogP contribution < -0.4 is 14.5 Å². The first kappa shape index (κ1) is 35.9. The van der Waals surface area contributed by atoms with Crippen molar-refractivity contribution >= 4 is 57.9 Å². The van der Waals surface area contributed by atoms with E-state index in [2.05, 4.69) is 56.9 Å². The number of carbonyl (C=O) groups is 2. The molecule has 0 saturated carbocycles. The van der Waals surface area contributed by atoms with Crippen molar-refractivity contribution < 1.29 is 14.3 Å². The molecule has 0 aliphatic carbocycles. The molecule has 5 heteroatoms. The number of ether oxygens (including phenoxy) is 1. The lowest BCUT2D eigenvalue weighted by molar-refractivity contribution is -0.119. The third kappa shape index (κ3) is 7.13. The number of imide groups is 1. The second-order valence-corrected chi connectivity index (χ2v) is 14.1. The van der Waals surface area contributed by atoms with Crippen LogP contribution in [0.1, 0.15) is 72.9 Å². The first-order valence-electron chi connectivity index (χ1n) is 18.4. The Morgan fingerprint density at radius 3 is 1.33 bits per heavy atom. The molecule has 0 spiro atoms. The Morgan fingerprint density at radius 1 is 0.500 bits per heavy atom. The van der Waals surface area contributed by atoms with Gasteiger partial charge in [0.05, 0.1) is 23.9 Å². The zero-order valence-electron chi connectivity index (χ0n) is 31.4. The Kier molecular flexibility index (Phi) is 10.4. The summed E-state index contributed by atoms with van der Waals surface area (Å²) in [4.78, 5) is 33.4. The molecule has 2 amide bonds. The van der Waals surface area contributed by atoms with E-state index in [9.17, 15) is 9.59 Å². The monoisotopic (exact) mass is 708 g/mol. The number of hydrogen-bond donors (Lipinski definition) is 0. The summed E-state index contributed by atoms with van der Waals surface area (Å²) in [6.45, 7) is 8.41. The Labute approximate surface area is 318 Å². The van der Waals surface area contributed by atoms with Crippen LogP contribution in [0.2, 0.25) is 0 Å². The minimum atomic E-state index is -0.316. The summed E-state index contributed by atoms with van der Waals surface area (Å²) in [5.74, 6) is 0.380. The number of para-hydroxylation sites is 3. The van der Waals surface area contributed by atoms with Crippen LogP contribution in [0.5, 0.6) is 5.75 Å². The number of anilines is 4. The van der Waals surface area contributed by atoms with Gasteiger partial charge in [0.1, 0.15) is 5.75 Å². The molecule has 5 nitrogen and oxygen atoms in total. The van der Waals surface area contributed by atoms with Crippen molar-refractivity contribution in [1.29, 1.82) is 0 Å². The molecule has 1 aliphatic heterocycles. The molecular weight excluding hydrogens is 665 g/mol. The van der Waals surface area contributed by atoms with Crippen LogP contribution in [0.25, 0.3) is 23.3 Å². The second kappa shape index (κ2) is 15.6. The molecule has 6 aromatic rings. The number of carbonyl (C=O) groups excluding carboxylic acids is 2. The molecule has 0 fully saturated rings. The number of amides is 2. The minimum Gasteiger partial charge on any atom is -0.497 e. The fourth-order valence-electron chi connectivity index (χ4n) is 7.09. The zero-order chi connectivity index (χ0) is 37.8. The van der Waals surface area contributed by atoms with Gasteiger partial charge < -0.3 is 9.64 Å². The molecule has 0 N–H and O–H groups in total. The van der Waals surface area contributed by atoms with Gasteiger partial charge in [-0.05, 0) is 93.7 Å². The van der Waals surface area contributed by atoms with Gasteiger partial charge in [-0.1, -0.05) is 143 Å². The van der Waals surface area contributed by atoms with Crippen molar-refractivity contribution in [3.05, 3.63) is 185 Å². The molecule has 1 aliphatic rings. The van der Waals surface area contributed by atoms with Gasteiger partial charge in [0.25, 0.3) is 11.8 Å². The summed E-state index contributed by atoms with van der Waals surface area (Å²) in [7, 11) is 1.65. The van der Waals surface area contributed by atoms with E-state index < -0.39 is 0 Å². The van der Waals surface area contributed by atoms with Crippen LogP contribution in [0, 0.1) is 0 Å². The number of hydrogen-bond acceptors (Lipinski definition) is 4. The van der Waals surface area contributed by atoms with E-state index in [-0.39, 0.29) is 23.7 Å². The Balaban J connectivity index is 1.33. The minimum absolute atomic E-state index is 0.102. The molecule has 7 rings (SSSR count). The van der Waals surface area contributed by atoms with E-state index in [1.165, 1.54) is 4.90 Å². The first-order chi connectivity index (χ1) is 26.2. The summed E-state index contributed by atoms with van der Waals surface area (Å²) >= 11 is 0. The van der Waals surface area contributed by atoms with Gasteiger partial charge in [-0.15, -0.1) is 0 Å². The quantitative estimate of drug-likeness (QED) is 0.0993. The lowest BCUT2D eigenvalue weighted by atomic mass is 9.91. The third-order valence-electron chi connectivity index (χ3n) is 9.88. The fraction of sp³-hybridized carbons (Fsp3) is 0.143. The van der Waals surface area contributed by atoms with E-state index in [1.807, 2.05) is 140 Å². The lowest BCUT2D eigenvalue weighted by Crippen LogP contribution is -2.33. The van der Waals surface area contributed by atoms with Crippen LogP contribution in [-0.4, -0.2) is 18.9 Å². The summed E-state index contributed by atoms with van der Waals surface area (Å²) in [6.07, 6.45) is 4.07. The summed E-state index contributed by atoms with van der Waals surface area (Å²) in [6, 6.07) is 50.2. The van der Waals surface area contributed by atoms with Crippen LogP contribution in [0.4, 0.5) is 22.7 Å². The standard InChI is InChI=1S/C49H44N2O3/c1-33(2)43-17-12-18-44(34(3)4)47(43)51-48(52)45(37-25-21-35(22-26-37)19-20-36-23-31-42(54-5)32-24-36)46(49(51)53)38-27-29-41(30-28-38)50(39-13-8-6-9-14-39)40-15-10-7-11-16-40/h6-34H,1-5H3. The van der Waals surface area contributed by atoms with E-state index in [0.717, 1.165) is 45.1 Å². The maximum atomic E-state index is 14.9. The lowest BCUT2D eigenvalue weighted by Gasteiger charge is -2.26. The van der Waals surface area contributed by atoms with Gasteiger partial charge >= 0.3 is 0 Å². The predicted molar refractivity (Wildman–Crippen MR) is 223 cm³/mol. The molecule has 0 radical (unpaired) electrons. The highest BCUT2D eigenvalue weighted by atomic mass is 16.5. The average Bonchev–Trinajstić information content (AvgIpc) is 3.46. The zero-order valence-corrected chi connectivity index (χ0v) is 31.4. The Hall–Kier alpha value is -6.46. The maximum Gasteiger partial charge on any atom is 0.266 e. The van der Waals surface area contributed by atoms with Gasteiger partial charge in [-0.2, -0.15) is 0 Å². The number of rotatable bonds is 11. The summed E-state index contributed by atoms with van der Waals surface area (Å²) in [5.41, 5.74) is 9.80. The van der Waals surface area contributed by atoms with E-state index in [4.69, 9.17) is 4.74 Å². The number of nitrogens with zero attached hydrogens (tertiary/aromatic N) is 2. The second-order valence-electron chi connectivity index (χ2n) is 14.1. The smallest absolute Gasteiger partial charge is 0.266 e. The van der Waals surface area contributed by atoms with Gasteiger partial charge in [-0.25, -0.2) is 4.90 Å². The van der Waals surface area contributed by atoms with Crippen LogP contribution in [0.3, 0.4) is 0 Å². The van der Waals surface area contributed by atoms with Gasteiger partial charge in [0, 0.05) is 17.1 Å². The van der Waals surface area contributed by atoms with E-state index >= 15 is 0 Å². The Morgan fingerprint density at radius 2 is 0.907 bits per heavy atom. The highest BCUT2D eigenvalue weighted by molar-refractivity contribution is 6.57. The van der Waals surface area contributed by atoms with E-state index in [0.29, 0.717) is 28.0 Å². The highest BCUT2D eigenvalue weighted by Crippen LogP contribution is 2.44. The van der Waals surface area contributed by atoms with Gasteiger partial charge in [0.2, 0.25) is 0 Å². The number of methoxy groups -OCH3 is 1. The van der Waals surface area contributed by atoms with Gasteiger partial charge in [0.15, 0.2) is 0 Å². The summed E-state index contributed by atoms with van der Waals surface area (Å²) < 4.78 is 5.29. The molecule has 0 atom stereocenters. The predicted octanol–water partition coefficient (Wildman–Crippen LogP) is 12.1. The summed E-state index contributed by atoms with van der Waals surface area (Å²) in [5, 5.41) is 0. The molecule has 268 valence electrons. The van der Waals surface area contributed by atoms with Crippen molar-refractivity contribution in [1.82, 2.24) is 0 Å². The molecule has 0 unspecified atom stereocenters. The normalized spacial score (nSPS) is 13.1. The van der Waals surface area contributed by atoms with Crippen molar-refractivity contribution in [2.45, 2.75) is 39.5 Å². The topological polar surface area (TPSA) is 49.9 Å². The maximum absolute atomic E-state index is 14.9. The average molecular weight is 709 g/mol. The number of benzene rings is 6. The largest absolute Gasteiger partial charge is 0.497 e.